The number of rotatable bonds is 0. The third-order valence-electron chi connectivity index (χ3n) is 3.10. The van der Waals surface area contributed by atoms with Gasteiger partial charge in [-0.3, -0.25) is 0 Å². The summed E-state index contributed by atoms with van der Waals surface area (Å²) in [5, 5.41) is 5.32. The van der Waals surface area contributed by atoms with E-state index in [-0.39, 0.29) is 42.2 Å². The van der Waals surface area contributed by atoms with Gasteiger partial charge >= 0.3 is 17.4 Å². The number of fused-ring (bicyclic) bond motifs is 2. The van der Waals surface area contributed by atoms with E-state index in [1.807, 2.05) is 0 Å². The molecule has 0 spiro atoms. The van der Waals surface area contributed by atoms with Gasteiger partial charge in [0, 0.05) is 9.52 Å². The van der Waals surface area contributed by atoms with Crippen LogP contribution in [0.25, 0.3) is 21.5 Å². The monoisotopic (exact) mass is 411 g/mol. The van der Waals surface area contributed by atoms with Crippen LogP contribution in [0.1, 0.15) is 0 Å². The van der Waals surface area contributed by atoms with E-state index in [4.69, 9.17) is 0 Å². The Morgan fingerprint density at radius 1 is 0.625 bits per heavy atom. The maximum Gasteiger partial charge on any atom is 4.00 e. The minimum atomic E-state index is 0. The first-order chi connectivity index (χ1) is 10.3. The van der Waals surface area contributed by atoms with Gasteiger partial charge in [-0.1, -0.05) is 25.2 Å². The molecule has 1 radical (unpaired) electrons. The van der Waals surface area contributed by atoms with Gasteiger partial charge in [0.1, 0.15) is 0 Å². The van der Waals surface area contributed by atoms with E-state index in [9.17, 15) is 0 Å². The van der Waals surface area contributed by atoms with Gasteiger partial charge in [-0.05, 0) is 0 Å². The van der Waals surface area contributed by atoms with Gasteiger partial charge in [0.05, 0.1) is 0 Å². The Kier molecular flexibility index (Phi) is 15.1. The predicted molar refractivity (Wildman–Crippen MR) is 98.0 cm³/mol. The van der Waals surface area contributed by atoms with Crippen molar-refractivity contribution in [3.8, 4) is 0 Å². The summed E-state index contributed by atoms with van der Waals surface area (Å²) >= 11 is 0. The average molecular weight is 412 g/mol. The molecular formula is C20H21Cl2CrSi. The van der Waals surface area contributed by atoms with E-state index in [1.54, 1.807) is 0 Å². The summed E-state index contributed by atoms with van der Waals surface area (Å²) < 4.78 is 0. The first-order valence-corrected chi connectivity index (χ1v) is 9.61. The van der Waals surface area contributed by atoms with Gasteiger partial charge in [-0.15, -0.1) is 59.3 Å². The minimum absolute atomic E-state index is 0. The van der Waals surface area contributed by atoms with Crippen molar-refractivity contribution in [2.45, 2.75) is 13.1 Å². The van der Waals surface area contributed by atoms with Crippen LogP contribution in [0.4, 0.5) is 0 Å². The summed E-state index contributed by atoms with van der Waals surface area (Å²) in [7, 11) is 0.750. The third kappa shape index (κ3) is 7.71. The molecule has 0 atom stereocenters. The molecule has 125 valence electrons. The molecule has 0 fully saturated rings. The Labute approximate surface area is 170 Å². The smallest absolute Gasteiger partial charge is 1.00 e. The van der Waals surface area contributed by atoms with Crippen molar-refractivity contribution in [3.05, 3.63) is 84.9 Å². The van der Waals surface area contributed by atoms with Crippen LogP contribution in [0, 0.1) is 0 Å². The van der Waals surface area contributed by atoms with E-state index in [0.717, 1.165) is 9.52 Å². The first kappa shape index (κ1) is 25.2. The summed E-state index contributed by atoms with van der Waals surface area (Å²) in [5.74, 6) is 0. The Morgan fingerprint density at radius 3 is 1.29 bits per heavy atom. The number of hydrogen-bond acceptors (Lipinski definition) is 0. The topological polar surface area (TPSA) is 0 Å². The molecule has 0 amide bonds. The molecule has 0 aliphatic carbocycles. The van der Waals surface area contributed by atoms with Crippen molar-refractivity contribution in [1.29, 1.82) is 0 Å². The average Bonchev–Trinajstić information content (AvgIpc) is 3.17. The molecule has 0 saturated heterocycles. The number of halogens is 2. The molecule has 0 aromatic heterocycles. The van der Waals surface area contributed by atoms with Crippen LogP contribution >= 0.6 is 0 Å². The van der Waals surface area contributed by atoms with E-state index in [0.29, 0.717) is 0 Å². The summed E-state index contributed by atoms with van der Waals surface area (Å²) in [6.07, 6.45) is 0. The van der Waals surface area contributed by atoms with E-state index < -0.39 is 0 Å². The van der Waals surface area contributed by atoms with E-state index in [2.05, 4.69) is 98.0 Å². The van der Waals surface area contributed by atoms with Crippen LogP contribution in [-0.2, 0) is 17.4 Å². The molecule has 4 aromatic carbocycles. The normalized spacial score (nSPS) is 8.42. The van der Waals surface area contributed by atoms with Crippen LogP contribution in [-0.4, -0.2) is 9.52 Å². The SMILES string of the molecule is C[SiH]C.[Cl-].[Cl-].[Cr+4].c1ccc2[cH-]ccc2c1.c1ccc2[cH-]ccc2c1. The second kappa shape index (κ2) is 14.3. The van der Waals surface area contributed by atoms with Gasteiger partial charge in [0.15, 0.2) is 0 Å². The van der Waals surface area contributed by atoms with Crippen LogP contribution in [0.2, 0.25) is 13.1 Å². The molecule has 0 unspecified atom stereocenters. The molecule has 4 heteroatoms. The van der Waals surface area contributed by atoms with Gasteiger partial charge in [0.25, 0.3) is 0 Å². The number of hydrogen-bond donors (Lipinski definition) is 0. The fourth-order valence-electron chi connectivity index (χ4n) is 2.14. The summed E-state index contributed by atoms with van der Waals surface area (Å²) in [5.41, 5.74) is 0. The largest absolute Gasteiger partial charge is 4.00 e. The minimum Gasteiger partial charge on any atom is -1.00 e. The van der Waals surface area contributed by atoms with Crippen molar-refractivity contribution in [1.82, 2.24) is 0 Å². The molecule has 0 saturated carbocycles. The van der Waals surface area contributed by atoms with Gasteiger partial charge < -0.3 is 24.8 Å². The maximum atomic E-state index is 2.21. The molecule has 0 bridgehead atoms. The van der Waals surface area contributed by atoms with E-state index in [1.165, 1.54) is 21.5 Å². The molecule has 0 N–H and O–H groups in total. The van der Waals surface area contributed by atoms with Crippen LogP contribution in [0.15, 0.2) is 84.9 Å². The summed E-state index contributed by atoms with van der Waals surface area (Å²) in [6.45, 7) is 4.42. The fraction of sp³-hybridized carbons (Fsp3) is 0.100. The summed E-state index contributed by atoms with van der Waals surface area (Å²) in [6, 6.07) is 29.3. The fourth-order valence-corrected chi connectivity index (χ4v) is 2.14. The standard InChI is InChI=1S/2C9H7.C2H7Si.2ClH.Cr/c2*1-2-5-9-7-3-6-8(9)4-1;1-3-2;;;/h2*1-7H;3H,1-2H3;2*1H;/q2*-1;;;;+4/p-2. The van der Waals surface area contributed by atoms with Gasteiger partial charge in [0.2, 0.25) is 0 Å². The Hall–Kier alpha value is -1.01. The maximum absolute atomic E-state index is 2.21. The number of benzene rings is 2. The van der Waals surface area contributed by atoms with E-state index >= 15 is 0 Å². The molecule has 4 rings (SSSR count). The van der Waals surface area contributed by atoms with Crippen molar-refractivity contribution in [2.75, 3.05) is 0 Å². The van der Waals surface area contributed by atoms with Crippen LogP contribution in [0.3, 0.4) is 0 Å². The van der Waals surface area contributed by atoms with Crippen LogP contribution < -0.4 is 24.8 Å². The molecule has 24 heavy (non-hydrogen) atoms. The zero-order valence-corrected chi connectivity index (χ0v) is 17.8. The second-order valence-electron chi connectivity index (χ2n) is 4.89. The van der Waals surface area contributed by atoms with Gasteiger partial charge in [-0.2, -0.15) is 35.0 Å². The van der Waals surface area contributed by atoms with Crippen LogP contribution in [0.5, 0.6) is 0 Å². The predicted octanol–water partition coefficient (Wildman–Crippen LogP) is -0.358. The zero-order valence-electron chi connectivity index (χ0n) is 13.8. The Bertz CT molecular complexity index is 651. The zero-order chi connectivity index (χ0) is 14.9. The second-order valence-corrected chi connectivity index (χ2v) is 6.04. The Balaban J connectivity index is 0. The molecule has 0 aliphatic rings. The van der Waals surface area contributed by atoms with Gasteiger partial charge in [-0.25, -0.2) is 0 Å². The molecular weight excluding hydrogens is 391 g/mol. The quantitative estimate of drug-likeness (QED) is 0.274. The van der Waals surface area contributed by atoms with Crippen molar-refractivity contribution in [2.24, 2.45) is 0 Å². The van der Waals surface area contributed by atoms with Crippen molar-refractivity contribution >= 4 is 31.1 Å². The van der Waals surface area contributed by atoms with Crippen molar-refractivity contribution < 1.29 is 42.2 Å². The molecule has 0 heterocycles. The molecule has 4 aromatic rings. The summed E-state index contributed by atoms with van der Waals surface area (Å²) in [4.78, 5) is 0. The van der Waals surface area contributed by atoms with Crippen molar-refractivity contribution in [3.63, 3.8) is 0 Å². The molecule has 0 aliphatic heterocycles. The Morgan fingerprint density at radius 2 is 0.958 bits per heavy atom. The third-order valence-corrected chi connectivity index (χ3v) is 3.10. The first-order valence-electron chi connectivity index (χ1n) is 7.30. The molecule has 0 nitrogen and oxygen atoms in total.